The highest BCUT2D eigenvalue weighted by Gasteiger charge is 2.36. The highest BCUT2D eigenvalue weighted by atomic mass is 32.2. The Hall–Kier alpha value is -1.86. The van der Waals surface area contributed by atoms with E-state index in [4.69, 9.17) is 4.74 Å². The quantitative estimate of drug-likeness (QED) is 0.802. The van der Waals surface area contributed by atoms with Crippen LogP contribution in [0.1, 0.15) is 50.8 Å². The van der Waals surface area contributed by atoms with Crippen molar-refractivity contribution in [3.05, 3.63) is 47.8 Å². The Bertz CT molecular complexity index is 845. The predicted molar refractivity (Wildman–Crippen MR) is 101 cm³/mol. The van der Waals surface area contributed by atoms with E-state index in [-0.39, 0.29) is 17.4 Å². The van der Waals surface area contributed by atoms with E-state index < -0.39 is 10.0 Å². The van der Waals surface area contributed by atoms with Crippen molar-refractivity contribution in [1.29, 1.82) is 0 Å². The van der Waals surface area contributed by atoms with Crippen LogP contribution in [0.4, 0.5) is 0 Å². The van der Waals surface area contributed by atoms with E-state index in [2.05, 4.69) is 5.10 Å². The monoisotopic (exact) mass is 377 g/mol. The van der Waals surface area contributed by atoms with Gasteiger partial charge < -0.3 is 4.74 Å². The van der Waals surface area contributed by atoms with Crippen LogP contribution < -0.4 is 4.74 Å². The number of rotatable bonds is 5. The third-order valence-corrected chi connectivity index (χ3v) is 7.48. The van der Waals surface area contributed by atoms with E-state index >= 15 is 0 Å². The number of nitrogens with zero attached hydrogens (tertiary/aromatic N) is 3. The fourth-order valence-electron chi connectivity index (χ4n) is 3.27. The second kappa shape index (κ2) is 7.40. The average molecular weight is 378 g/mol. The topological polar surface area (TPSA) is 64.4 Å². The summed E-state index contributed by atoms with van der Waals surface area (Å²) in [5.74, 6) is 0.757. The lowest BCUT2D eigenvalue weighted by atomic mass is 10.1. The van der Waals surface area contributed by atoms with Gasteiger partial charge in [-0.2, -0.15) is 9.40 Å². The van der Waals surface area contributed by atoms with Gasteiger partial charge >= 0.3 is 0 Å². The smallest absolute Gasteiger partial charge is 0.217 e. The Labute approximate surface area is 155 Å². The van der Waals surface area contributed by atoms with Gasteiger partial charge in [0.15, 0.2) is 0 Å². The van der Waals surface area contributed by atoms with Gasteiger partial charge in [0.25, 0.3) is 0 Å². The number of hydrogen-bond donors (Lipinski definition) is 0. The van der Waals surface area contributed by atoms with E-state index in [9.17, 15) is 8.42 Å². The molecule has 0 spiro atoms. The molecule has 7 heteroatoms. The molecule has 142 valence electrons. The summed E-state index contributed by atoms with van der Waals surface area (Å²) < 4.78 is 34.5. The lowest BCUT2D eigenvalue weighted by molar-refractivity contribution is 0.226. The molecule has 0 radical (unpaired) electrons. The fourth-order valence-corrected chi connectivity index (χ4v) is 5.10. The lowest BCUT2D eigenvalue weighted by Gasteiger charge is -2.36. The van der Waals surface area contributed by atoms with Crippen LogP contribution in [0.25, 0.3) is 0 Å². The van der Waals surface area contributed by atoms with E-state index in [1.54, 1.807) is 22.1 Å². The first-order valence-electron chi connectivity index (χ1n) is 9.02. The Morgan fingerprint density at radius 3 is 2.54 bits per heavy atom. The zero-order valence-corrected chi connectivity index (χ0v) is 16.6. The summed E-state index contributed by atoms with van der Waals surface area (Å²) in [7, 11) is -1.34. The molecule has 0 amide bonds. The van der Waals surface area contributed by atoms with Crippen molar-refractivity contribution < 1.29 is 13.2 Å². The van der Waals surface area contributed by atoms with Crippen LogP contribution in [0.2, 0.25) is 0 Å². The molecular formula is C19H27N3O3S. The van der Waals surface area contributed by atoms with Gasteiger partial charge in [-0.15, -0.1) is 0 Å². The molecule has 1 aliphatic heterocycles. The van der Waals surface area contributed by atoms with Crippen LogP contribution in [-0.2, 0) is 23.6 Å². The zero-order chi connectivity index (χ0) is 18.9. The molecule has 1 saturated heterocycles. The van der Waals surface area contributed by atoms with E-state index in [1.807, 2.05) is 51.4 Å². The van der Waals surface area contributed by atoms with Crippen molar-refractivity contribution in [2.24, 2.45) is 7.05 Å². The van der Waals surface area contributed by atoms with Crippen LogP contribution in [0, 0.1) is 0 Å². The molecule has 1 aromatic heterocycles. The fraction of sp³-hybridized carbons (Fsp3) is 0.526. The molecule has 0 bridgehead atoms. The number of ether oxygens (including phenoxy) is 1. The largest absolute Gasteiger partial charge is 0.486 e. The Morgan fingerprint density at radius 1 is 1.23 bits per heavy atom. The van der Waals surface area contributed by atoms with Gasteiger partial charge in [-0.25, -0.2) is 8.42 Å². The van der Waals surface area contributed by atoms with Crippen molar-refractivity contribution in [2.75, 3.05) is 0 Å². The summed E-state index contributed by atoms with van der Waals surface area (Å²) >= 11 is 0. The number of aryl methyl sites for hydroxylation is 1. The Balaban J connectivity index is 1.67. The standard InChI is InChI=1S/C19H27N3O3S/c1-14-5-6-15(2)26(23,24)22(14)12-17-7-9-19(10-8-17)25-16(3)18-11-20-21(4)13-18/h7-11,13-16H,5-6,12H2,1-4H3/t14-,15?,16?/m0/s1. The first-order valence-corrected chi connectivity index (χ1v) is 10.5. The van der Waals surface area contributed by atoms with Gasteiger partial charge in [0.1, 0.15) is 11.9 Å². The second-order valence-electron chi connectivity index (χ2n) is 7.18. The minimum Gasteiger partial charge on any atom is -0.486 e. The molecule has 1 aliphatic rings. The third kappa shape index (κ3) is 3.94. The molecular weight excluding hydrogens is 350 g/mol. The van der Waals surface area contributed by atoms with Crippen LogP contribution >= 0.6 is 0 Å². The molecule has 26 heavy (non-hydrogen) atoms. The summed E-state index contributed by atoms with van der Waals surface area (Å²) in [6.07, 6.45) is 5.27. The number of sulfonamides is 1. The van der Waals surface area contributed by atoms with Crippen molar-refractivity contribution in [1.82, 2.24) is 14.1 Å². The van der Waals surface area contributed by atoms with Crippen molar-refractivity contribution in [3.63, 3.8) is 0 Å². The molecule has 6 nitrogen and oxygen atoms in total. The molecule has 2 unspecified atom stereocenters. The van der Waals surface area contributed by atoms with E-state index in [0.29, 0.717) is 6.54 Å². The first kappa shape index (κ1) is 18.9. The number of hydrogen-bond acceptors (Lipinski definition) is 4. The summed E-state index contributed by atoms with van der Waals surface area (Å²) in [6.45, 7) is 6.17. The molecule has 1 fully saturated rings. The molecule has 0 aliphatic carbocycles. The van der Waals surface area contributed by atoms with Gasteiger partial charge in [0, 0.05) is 31.4 Å². The molecule has 0 N–H and O–H groups in total. The maximum atomic E-state index is 12.6. The van der Waals surface area contributed by atoms with E-state index in [0.717, 1.165) is 29.7 Å². The first-order chi connectivity index (χ1) is 12.3. The molecule has 0 saturated carbocycles. The summed E-state index contributed by atoms with van der Waals surface area (Å²) in [6, 6.07) is 7.71. The average Bonchev–Trinajstić information content (AvgIpc) is 3.03. The van der Waals surface area contributed by atoms with Gasteiger partial charge in [0.05, 0.1) is 11.4 Å². The summed E-state index contributed by atoms with van der Waals surface area (Å²) in [5.41, 5.74) is 1.98. The zero-order valence-electron chi connectivity index (χ0n) is 15.8. The number of aromatic nitrogens is 2. The number of benzene rings is 1. The molecule has 1 aromatic carbocycles. The Kier molecular flexibility index (Phi) is 5.39. The summed E-state index contributed by atoms with van der Waals surface area (Å²) in [5, 5.41) is 3.86. The predicted octanol–water partition coefficient (Wildman–Crippen LogP) is 3.26. The minimum absolute atomic E-state index is 0.0396. The van der Waals surface area contributed by atoms with Crippen LogP contribution in [-0.4, -0.2) is 33.8 Å². The normalized spacial score (nSPS) is 24.3. The third-order valence-electron chi connectivity index (χ3n) is 5.09. The molecule has 2 heterocycles. The van der Waals surface area contributed by atoms with Crippen molar-refractivity contribution in [3.8, 4) is 5.75 Å². The van der Waals surface area contributed by atoms with Gasteiger partial charge in [-0.3, -0.25) is 4.68 Å². The van der Waals surface area contributed by atoms with Crippen molar-refractivity contribution >= 4 is 10.0 Å². The van der Waals surface area contributed by atoms with Gasteiger partial charge in [-0.05, 0) is 51.3 Å². The van der Waals surface area contributed by atoms with Gasteiger partial charge in [0.2, 0.25) is 10.0 Å². The minimum atomic E-state index is -3.22. The Morgan fingerprint density at radius 2 is 1.92 bits per heavy atom. The molecule has 3 atom stereocenters. The second-order valence-corrected chi connectivity index (χ2v) is 9.48. The van der Waals surface area contributed by atoms with Crippen LogP contribution in [0.3, 0.4) is 0 Å². The van der Waals surface area contributed by atoms with Crippen LogP contribution in [0.5, 0.6) is 5.75 Å². The molecule has 2 aromatic rings. The highest BCUT2D eigenvalue weighted by molar-refractivity contribution is 7.89. The van der Waals surface area contributed by atoms with Gasteiger partial charge in [-0.1, -0.05) is 12.1 Å². The molecule has 3 rings (SSSR count). The highest BCUT2D eigenvalue weighted by Crippen LogP contribution is 2.28. The lowest BCUT2D eigenvalue weighted by Crippen LogP contribution is -2.46. The SMILES string of the molecule is CC(Oc1ccc(CN2[C@@H](C)CCC(C)S2(=O)=O)cc1)c1cnn(C)c1. The van der Waals surface area contributed by atoms with Crippen molar-refractivity contribution in [2.45, 2.75) is 57.6 Å². The van der Waals surface area contributed by atoms with E-state index in [1.165, 1.54) is 0 Å². The maximum absolute atomic E-state index is 12.6. The maximum Gasteiger partial charge on any atom is 0.217 e. The summed E-state index contributed by atoms with van der Waals surface area (Å²) in [4.78, 5) is 0. The van der Waals surface area contributed by atoms with Crippen LogP contribution in [0.15, 0.2) is 36.7 Å².